The van der Waals surface area contributed by atoms with Crippen LogP contribution in [0.2, 0.25) is 5.15 Å². The molecular weight excluding hydrogens is 196 g/mol. The highest BCUT2D eigenvalue weighted by Crippen LogP contribution is 2.14. The first kappa shape index (κ1) is 9.60. The number of nitrogens with zero attached hydrogens (tertiary/aromatic N) is 2. The zero-order chi connectivity index (χ0) is 9.84. The highest BCUT2D eigenvalue weighted by Gasteiger charge is 2.13. The molecule has 1 rings (SSSR count). The van der Waals surface area contributed by atoms with Crippen molar-refractivity contribution in [2.24, 2.45) is 5.34 Å². The minimum Gasteiger partial charge on any atom is -0.279 e. The van der Waals surface area contributed by atoms with Gasteiger partial charge in [-0.05, 0) is 19.1 Å². The molecule has 0 aliphatic carbocycles. The van der Waals surface area contributed by atoms with Crippen LogP contribution in [0.1, 0.15) is 16.1 Å². The molecule has 0 aliphatic heterocycles. The molecule has 0 saturated carbocycles. The van der Waals surface area contributed by atoms with E-state index in [4.69, 9.17) is 11.6 Å². The van der Waals surface area contributed by atoms with Crippen molar-refractivity contribution in [1.29, 1.82) is 0 Å². The van der Waals surface area contributed by atoms with E-state index in [1.165, 1.54) is 6.07 Å². The highest BCUT2D eigenvalue weighted by atomic mass is 35.5. The molecule has 1 aromatic heterocycles. The van der Waals surface area contributed by atoms with Crippen LogP contribution in [0.15, 0.2) is 17.5 Å². The summed E-state index contributed by atoms with van der Waals surface area (Å²) < 4.78 is 0. The van der Waals surface area contributed by atoms with E-state index in [0.29, 0.717) is 5.69 Å². The number of aromatic nitrogens is 1. The van der Waals surface area contributed by atoms with Gasteiger partial charge in [-0.3, -0.25) is 4.84 Å². The maximum Gasteiger partial charge on any atom is 0.372 e. The molecule has 0 aromatic carbocycles. The lowest BCUT2D eigenvalue weighted by Crippen LogP contribution is -2.02. The minimum atomic E-state index is -0.910. The van der Waals surface area contributed by atoms with Crippen LogP contribution < -0.4 is 0 Å². The molecule has 1 aromatic rings. The van der Waals surface area contributed by atoms with Crippen molar-refractivity contribution in [3.8, 4) is 0 Å². The van der Waals surface area contributed by atoms with Crippen molar-refractivity contribution in [2.75, 3.05) is 0 Å². The Morgan fingerprint density at radius 1 is 1.62 bits per heavy atom. The van der Waals surface area contributed by atoms with Gasteiger partial charge in [0.1, 0.15) is 5.15 Å². The van der Waals surface area contributed by atoms with Gasteiger partial charge in [0.2, 0.25) is 0 Å². The van der Waals surface area contributed by atoms with Crippen LogP contribution >= 0.6 is 11.6 Å². The fraction of sp³-hybridized carbons (Fsp3) is 0.143. The fourth-order valence-corrected chi connectivity index (χ4v) is 1.03. The number of hydrogen-bond acceptors (Lipinski definition) is 5. The molecule has 0 fully saturated rings. The summed E-state index contributed by atoms with van der Waals surface area (Å²) >= 11 is 5.60. The van der Waals surface area contributed by atoms with Crippen molar-refractivity contribution in [3.05, 3.63) is 33.5 Å². The maximum absolute atomic E-state index is 10.9. The van der Waals surface area contributed by atoms with Crippen molar-refractivity contribution in [3.63, 3.8) is 0 Å². The van der Waals surface area contributed by atoms with E-state index in [1.54, 1.807) is 13.0 Å². The molecule has 6 heteroatoms. The third-order valence-corrected chi connectivity index (χ3v) is 1.62. The summed E-state index contributed by atoms with van der Waals surface area (Å²) in [5, 5.41) is 1.98. The number of carbonyl (C=O) groups excluding carboxylic acids is 1. The smallest absolute Gasteiger partial charge is 0.279 e. The quantitative estimate of drug-likeness (QED) is 0.415. The summed E-state index contributed by atoms with van der Waals surface area (Å²) in [6.45, 7) is 1.72. The minimum absolute atomic E-state index is 0.00588. The summed E-state index contributed by atoms with van der Waals surface area (Å²) in [5.74, 6) is -0.910. The van der Waals surface area contributed by atoms with Gasteiger partial charge in [0.15, 0.2) is 5.34 Å². The standard InChI is InChI=1S/C7H5ClN2O3/c1-4-2-3-5(6(8)9-4)7(11)13-10-12/h2-3H,1H3. The Labute approximate surface area is 78.6 Å². The van der Waals surface area contributed by atoms with Crippen LogP contribution in [0.4, 0.5) is 0 Å². The van der Waals surface area contributed by atoms with Crippen LogP contribution in [0.25, 0.3) is 0 Å². The van der Waals surface area contributed by atoms with Gasteiger partial charge in [0, 0.05) is 5.69 Å². The van der Waals surface area contributed by atoms with Crippen molar-refractivity contribution in [1.82, 2.24) is 4.98 Å². The van der Waals surface area contributed by atoms with Crippen molar-refractivity contribution < 1.29 is 9.63 Å². The van der Waals surface area contributed by atoms with E-state index < -0.39 is 5.97 Å². The molecule has 0 atom stereocenters. The van der Waals surface area contributed by atoms with Gasteiger partial charge in [-0.15, -0.1) is 4.91 Å². The van der Waals surface area contributed by atoms with Gasteiger partial charge in [-0.1, -0.05) is 11.6 Å². The van der Waals surface area contributed by atoms with Crippen LogP contribution in [0, 0.1) is 11.8 Å². The molecule has 68 valence electrons. The van der Waals surface area contributed by atoms with E-state index in [1.807, 2.05) is 5.34 Å². The molecule has 13 heavy (non-hydrogen) atoms. The Balaban J connectivity index is 3.01. The Hall–Kier alpha value is -1.49. The molecule has 0 amide bonds. The first-order chi connectivity index (χ1) is 6.15. The summed E-state index contributed by atoms with van der Waals surface area (Å²) in [6.07, 6.45) is 0. The maximum atomic E-state index is 10.9. The lowest BCUT2D eigenvalue weighted by atomic mass is 10.2. The number of hydrogen-bond donors (Lipinski definition) is 0. The Morgan fingerprint density at radius 3 is 2.85 bits per heavy atom. The third kappa shape index (κ3) is 2.22. The Morgan fingerprint density at radius 2 is 2.31 bits per heavy atom. The predicted molar refractivity (Wildman–Crippen MR) is 45.2 cm³/mol. The first-order valence-corrected chi connectivity index (χ1v) is 3.70. The molecule has 0 radical (unpaired) electrons. The lowest BCUT2D eigenvalue weighted by Gasteiger charge is -1.98. The topological polar surface area (TPSA) is 68.6 Å². The van der Waals surface area contributed by atoms with E-state index in [-0.39, 0.29) is 10.7 Å². The Bertz CT molecular complexity index is 354. The molecule has 0 spiro atoms. The normalized spacial score (nSPS) is 9.38. The molecule has 0 bridgehead atoms. The average molecular weight is 201 g/mol. The average Bonchev–Trinajstić information content (AvgIpc) is 2.04. The number of aryl methyl sites for hydroxylation is 1. The molecule has 1 heterocycles. The van der Waals surface area contributed by atoms with E-state index in [9.17, 15) is 9.70 Å². The lowest BCUT2D eigenvalue weighted by molar-refractivity contribution is 0.0508. The second kappa shape index (κ2) is 3.95. The molecule has 5 nitrogen and oxygen atoms in total. The zero-order valence-electron chi connectivity index (χ0n) is 6.65. The van der Waals surface area contributed by atoms with E-state index >= 15 is 0 Å². The molecular formula is C7H5ClN2O3. The monoisotopic (exact) mass is 200 g/mol. The van der Waals surface area contributed by atoms with Gasteiger partial charge < -0.3 is 0 Å². The van der Waals surface area contributed by atoms with Crippen LogP contribution in [0.5, 0.6) is 0 Å². The summed E-state index contributed by atoms with van der Waals surface area (Å²) in [7, 11) is 0. The fourth-order valence-electron chi connectivity index (χ4n) is 0.760. The number of carbonyl (C=O) groups is 1. The van der Waals surface area contributed by atoms with Crippen molar-refractivity contribution in [2.45, 2.75) is 6.92 Å². The second-order valence-electron chi connectivity index (χ2n) is 2.24. The first-order valence-electron chi connectivity index (χ1n) is 3.32. The Kier molecular flexibility index (Phi) is 2.92. The van der Waals surface area contributed by atoms with E-state index in [0.717, 1.165) is 0 Å². The van der Waals surface area contributed by atoms with Gasteiger partial charge in [0.05, 0.1) is 5.56 Å². The van der Waals surface area contributed by atoms with Crippen LogP contribution in [-0.4, -0.2) is 11.0 Å². The van der Waals surface area contributed by atoms with E-state index in [2.05, 4.69) is 9.82 Å². The molecule has 0 saturated heterocycles. The van der Waals surface area contributed by atoms with Gasteiger partial charge in [-0.2, -0.15) is 0 Å². The summed E-state index contributed by atoms with van der Waals surface area (Å²) in [6, 6.07) is 2.99. The molecule has 0 N–H and O–H groups in total. The number of rotatable bonds is 2. The largest absolute Gasteiger partial charge is 0.372 e. The number of halogens is 1. The third-order valence-electron chi connectivity index (χ3n) is 1.33. The van der Waals surface area contributed by atoms with Crippen molar-refractivity contribution >= 4 is 17.6 Å². The predicted octanol–water partition coefficient (Wildman–Crippen LogP) is 1.88. The van der Waals surface area contributed by atoms with Gasteiger partial charge in [-0.25, -0.2) is 9.78 Å². The molecule has 0 unspecified atom stereocenters. The SMILES string of the molecule is Cc1ccc(C(=O)ON=O)c(Cl)n1. The van der Waals surface area contributed by atoms with Gasteiger partial charge >= 0.3 is 5.97 Å². The van der Waals surface area contributed by atoms with Crippen LogP contribution in [-0.2, 0) is 4.84 Å². The highest BCUT2D eigenvalue weighted by molar-refractivity contribution is 6.32. The summed E-state index contributed by atoms with van der Waals surface area (Å²) in [4.78, 5) is 28.2. The number of pyridine rings is 1. The van der Waals surface area contributed by atoms with Crippen LogP contribution in [0.3, 0.4) is 0 Å². The second-order valence-corrected chi connectivity index (χ2v) is 2.60. The van der Waals surface area contributed by atoms with Gasteiger partial charge in [0.25, 0.3) is 0 Å². The zero-order valence-corrected chi connectivity index (χ0v) is 7.41. The molecule has 0 aliphatic rings. The summed E-state index contributed by atoms with van der Waals surface area (Å²) in [5.41, 5.74) is 0.687.